The van der Waals surface area contributed by atoms with E-state index in [1.54, 1.807) is 0 Å². The fraction of sp³-hybridized carbons (Fsp3) is 0.500. The first kappa shape index (κ1) is 34.3. The summed E-state index contributed by atoms with van der Waals surface area (Å²) in [6.07, 6.45) is 2.72. The van der Waals surface area contributed by atoms with Gasteiger partial charge in [0.15, 0.2) is 6.29 Å². The van der Waals surface area contributed by atoms with Gasteiger partial charge in [0.05, 0.1) is 25.2 Å². The van der Waals surface area contributed by atoms with Crippen LogP contribution in [0.4, 0.5) is 0 Å². The molecule has 2 heterocycles. The van der Waals surface area contributed by atoms with E-state index in [4.69, 9.17) is 14.6 Å². The van der Waals surface area contributed by atoms with Crippen molar-refractivity contribution in [1.29, 1.82) is 0 Å². The number of hydrogen-bond donors (Lipinski definition) is 3. The summed E-state index contributed by atoms with van der Waals surface area (Å²) in [7, 11) is 0. The monoisotopic (exact) mass is 654 g/mol. The number of hydrogen-bond acceptors (Lipinski definition) is 6. The Bertz CT molecular complexity index is 1610. The standard InChI is InChI=1S/C40H50N2O6/c1-26-34(22-42-25-40(4)20-33(42)19-39(2,3)24-40)47-38(48-37(26)29-13-11-27(23-43)12-14-29)32-10-6-9-31(18-32)30-8-5-7-28(17-30)21-41-35(44)15-16-36(45)46/h5-14,17-18,26,33-34,37-38,43H,15-16,19-25H2,1-4H3,(H,41,44)(H,45,46)/t26-,33?,34+,37+,38+,40?/m1/s1. The number of aliphatic hydroxyl groups excluding tert-OH is 1. The third-order valence-electron chi connectivity index (χ3n) is 10.5. The summed E-state index contributed by atoms with van der Waals surface area (Å²) < 4.78 is 13.7. The molecule has 3 fully saturated rings. The Morgan fingerprint density at radius 2 is 1.62 bits per heavy atom. The molecule has 48 heavy (non-hydrogen) atoms. The van der Waals surface area contributed by atoms with Gasteiger partial charge in [0, 0.05) is 43.6 Å². The molecule has 0 spiro atoms. The molecule has 2 bridgehead atoms. The minimum Gasteiger partial charge on any atom is -0.481 e. The molecule has 3 aromatic carbocycles. The highest BCUT2D eigenvalue weighted by Crippen LogP contribution is 2.53. The van der Waals surface area contributed by atoms with Crippen LogP contribution in [0.5, 0.6) is 0 Å². The van der Waals surface area contributed by atoms with E-state index >= 15 is 0 Å². The molecule has 3 aliphatic rings. The average molecular weight is 655 g/mol. The number of carboxylic acids is 1. The van der Waals surface area contributed by atoms with Crippen LogP contribution in [0, 0.1) is 16.7 Å². The van der Waals surface area contributed by atoms with E-state index in [9.17, 15) is 14.7 Å². The summed E-state index contributed by atoms with van der Waals surface area (Å²) in [5.41, 5.74) is 6.54. The molecule has 1 aliphatic carbocycles. The fourth-order valence-electron chi connectivity index (χ4n) is 8.58. The second-order valence-electron chi connectivity index (χ2n) is 15.5. The van der Waals surface area contributed by atoms with Crippen molar-refractivity contribution in [2.75, 3.05) is 13.1 Å². The van der Waals surface area contributed by atoms with Crippen LogP contribution >= 0.6 is 0 Å². The van der Waals surface area contributed by atoms with Gasteiger partial charge in [-0.25, -0.2) is 0 Å². The number of benzene rings is 3. The molecule has 6 atom stereocenters. The summed E-state index contributed by atoms with van der Waals surface area (Å²) in [4.78, 5) is 25.6. The smallest absolute Gasteiger partial charge is 0.303 e. The Morgan fingerprint density at radius 3 is 2.35 bits per heavy atom. The number of rotatable bonds is 11. The summed E-state index contributed by atoms with van der Waals surface area (Å²) in [5, 5.41) is 21.3. The number of likely N-dealkylation sites (tertiary alicyclic amines) is 1. The van der Waals surface area contributed by atoms with Gasteiger partial charge in [-0.15, -0.1) is 0 Å². The van der Waals surface area contributed by atoms with Crippen LogP contribution in [0.25, 0.3) is 11.1 Å². The second kappa shape index (κ2) is 14.1. The van der Waals surface area contributed by atoms with E-state index in [-0.39, 0.29) is 43.5 Å². The number of carboxylic acid groups (broad SMARTS) is 1. The molecule has 2 saturated heterocycles. The predicted molar refractivity (Wildman–Crippen MR) is 185 cm³/mol. The summed E-state index contributed by atoms with van der Waals surface area (Å²) in [5.74, 6) is -1.15. The number of nitrogens with zero attached hydrogens (tertiary/aromatic N) is 1. The number of aliphatic hydroxyl groups is 1. The van der Waals surface area contributed by atoms with Gasteiger partial charge in [-0.3, -0.25) is 14.5 Å². The van der Waals surface area contributed by atoms with Gasteiger partial charge in [-0.1, -0.05) is 88.4 Å². The summed E-state index contributed by atoms with van der Waals surface area (Å²) in [6.45, 7) is 11.8. The van der Waals surface area contributed by atoms with Gasteiger partial charge in [0.1, 0.15) is 0 Å². The maximum atomic E-state index is 12.1. The second-order valence-corrected chi connectivity index (χ2v) is 15.5. The third-order valence-corrected chi connectivity index (χ3v) is 10.5. The van der Waals surface area contributed by atoms with Crippen LogP contribution in [-0.4, -0.2) is 52.2 Å². The fourth-order valence-corrected chi connectivity index (χ4v) is 8.58. The van der Waals surface area contributed by atoms with Gasteiger partial charge in [0.2, 0.25) is 5.91 Å². The number of carbonyl (C=O) groups is 2. The third kappa shape index (κ3) is 8.00. The highest BCUT2D eigenvalue weighted by molar-refractivity contribution is 5.80. The lowest BCUT2D eigenvalue weighted by Crippen LogP contribution is -2.46. The number of fused-ring (bicyclic) bond motifs is 2. The van der Waals surface area contributed by atoms with Crippen molar-refractivity contribution in [3.63, 3.8) is 0 Å². The lowest BCUT2D eigenvalue weighted by Gasteiger charge is -2.43. The largest absolute Gasteiger partial charge is 0.481 e. The maximum Gasteiger partial charge on any atom is 0.303 e. The number of amides is 1. The van der Waals surface area contributed by atoms with E-state index in [0.29, 0.717) is 23.4 Å². The number of carbonyl (C=O) groups excluding carboxylic acids is 1. The molecule has 6 rings (SSSR count). The molecular weight excluding hydrogens is 604 g/mol. The van der Waals surface area contributed by atoms with E-state index < -0.39 is 12.3 Å². The SMILES string of the molecule is C[C@@H]1[C@H](CN2CC3(C)CC2CC(C)(C)C3)O[C@H](c2cccc(-c3cccc(CNC(=O)CCC(=O)O)c3)c2)O[C@@H]1c1ccc(CO)cc1. The zero-order valence-corrected chi connectivity index (χ0v) is 28.7. The highest BCUT2D eigenvalue weighted by atomic mass is 16.7. The van der Waals surface area contributed by atoms with Gasteiger partial charge in [-0.2, -0.15) is 0 Å². The topological polar surface area (TPSA) is 108 Å². The van der Waals surface area contributed by atoms with Gasteiger partial charge in [0.25, 0.3) is 0 Å². The van der Waals surface area contributed by atoms with Crippen molar-refractivity contribution in [3.05, 3.63) is 95.1 Å². The molecule has 1 saturated carbocycles. The number of ether oxygens (including phenoxy) is 2. The van der Waals surface area contributed by atoms with Crippen LogP contribution in [-0.2, 0) is 32.2 Å². The van der Waals surface area contributed by atoms with Crippen molar-refractivity contribution in [2.24, 2.45) is 16.7 Å². The molecule has 0 radical (unpaired) electrons. The van der Waals surface area contributed by atoms with Crippen molar-refractivity contribution in [2.45, 2.75) is 97.5 Å². The highest BCUT2D eigenvalue weighted by Gasteiger charge is 2.51. The minimum atomic E-state index is -0.985. The average Bonchev–Trinajstić information content (AvgIpc) is 3.30. The molecule has 0 aromatic heterocycles. The van der Waals surface area contributed by atoms with Crippen LogP contribution in [0.3, 0.4) is 0 Å². The van der Waals surface area contributed by atoms with E-state index in [1.807, 2.05) is 42.5 Å². The first-order valence-electron chi connectivity index (χ1n) is 17.3. The van der Waals surface area contributed by atoms with Gasteiger partial charge >= 0.3 is 5.97 Å². The molecule has 8 nitrogen and oxygen atoms in total. The number of aliphatic carboxylic acids is 1. The van der Waals surface area contributed by atoms with Crippen LogP contribution in [0.1, 0.15) is 94.4 Å². The van der Waals surface area contributed by atoms with Crippen molar-refractivity contribution >= 4 is 11.9 Å². The van der Waals surface area contributed by atoms with Crippen LogP contribution < -0.4 is 5.32 Å². The lowest BCUT2D eigenvalue weighted by atomic mass is 9.65. The summed E-state index contributed by atoms with van der Waals surface area (Å²) in [6, 6.07) is 24.9. The predicted octanol–water partition coefficient (Wildman–Crippen LogP) is 7.02. The minimum absolute atomic E-state index is 0.00622. The normalized spacial score (nSPS) is 28.2. The Balaban J connectivity index is 1.23. The zero-order valence-electron chi connectivity index (χ0n) is 28.7. The Kier molecular flexibility index (Phi) is 10.1. The Labute approximate surface area is 284 Å². The van der Waals surface area contributed by atoms with E-state index in [1.165, 1.54) is 19.3 Å². The zero-order chi connectivity index (χ0) is 34.1. The number of nitrogens with one attached hydrogen (secondary N) is 1. The Hall–Kier alpha value is -3.56. The molecule has 3 aromatic rings. The molecule has 8 heteroatoms. The maximum absolute atomic E-state index is 12.1. The van der Waals surface area contributed by atoms with Crippen LogP contribution in [0.2, 0.25) is 0 Å². The van der Waals surface area contributed by atoms with Crippen LogP contribution in [0.15, 0.2) is 72.8 Å². The van der Waals surface area contributed by atoms with E-state index in [2.05, 4.69) is 68.2 Å². The quantitative estimate of drug-likeness (QED) is 0.204. The summed E-state index contributed by atoms with van der Waals surface area (Å²) >= 11 is 0. The van der Waals surface area contributed by atoms with E-state index in [0.717, 1.165) is 46.5 Å². The molecule has 2 aliphatic heterocycles. The van der Waals surface area contributed by atoms with Gasteiger partial charge in [-0.05, 0) is 70.0 Å². The first-order chi connectivity index (χ1) is 22.9. The molecule has 1 amide bonds. The van der Waals surface area contributed by atoms with Crippen molar-refractivity contribution in [1.82, 2.24) is 10.2 Å². The van der Waals surface area contributed by atoms with Crippen molar-refractivity contribution < 1.29 is 29.3 Å². The lowest BCUT2D eigenvalue weighted by molar-refractivity contribution is -0.276. The Morgan fingerprint density at radius 1 is 0.896 bits per heavy atom. The molecular formula is C40H50N2O6. The first-order valence-corrected chi connectivity index (χ1v) is 17.3. The molecule has 3 N–H and O–H groups in total. The molecule has 256 valence electrons. The molecule has 2 unspecified atom stereocenters. The van der Waals surface area contributed by atoms with Gasteiger partial charge < -0.3 is 25.0 Å². The van der Waals surface area contributed by atoms with Crippen molar-refractivity contribution in [3.8, 4) is 11.1 Å².